The van der Waals surface area contributed by atoms with Gasteiger partial charge in [0, 0.05) is 32.8 Å². The molecule has 0 saturated carbocycles. The van der Waals surface area contributed by atoms with Gasteiger partial charge in [0.1, 0.15) is 17.8 Å². The Morgan fingerprint density at radius 3 is 2.44 bits per heavy atom. The van der Waals surface area contributed by atoms with Gasteiger partial charge in [-0.05, 0) is 23.8 Å². The predicted molar refractivity (Wildman–Crippen MR) is 123 cm³/mol. The van der Waals surface area contributed by atoms with Crippen molar-refractivity contribution in [3.05, 3.63) is 95.6 Å². The molecule has 156 valence electrons. The van der Waals surface area contributed by atoms with Crippen LogP contribution in [0, 0.1) is 0 Å². The highest BCUT2D eigenvalue weighted by Gasteiger charge is 2.21. The van der Waals surface area contributed by atoms with E-state index in [0.717, 1.165) is 26.8 Å². The van der Waals surface area contributed by atoms with Crippen molar-refractivity contribution in [2.75, 3.05) is 0 Å². The number of benzene rings is 3. The number of furan rings is 1. The summed E-state index contributed by atoms with van der Waals surface area (Å²) in [6, 6.07) is 23.6. The van der Waals surface area contributed by atoms with Gasteiger partial charge in [0.05, 0.1) is 4.88 Å². The fraction of sp³-hybridized carbons (Fsp3) is 0. The molecular formula is C26H16O5S. The molecule has 5 rings (SSSR count). The Morgan fingerprint density at radius 1 is 0.938 bits per heavy atom. The van der Waals surface area contributed by atoms with E-state index >= 15 is 0 Å². The van der Waals surface area contributed by atoms with Gasteiger partial charge in [-0.15, -0.1) is 11.3 Å². The van der Waals surface area contributed by atoms with Crippen LogP contribution in [0.5, 0.6) is 11.5 Å². The molecule has 0 aliphatic carbocycles. The summed E-state index contributed by atoms with van der Waals surface area (Å²) < 4.78 is 11.1. The van der Waals surface area contributed by atoms with Crippen molar-refractivity contribution >= 4 is 33.7 Å². The number of hydrogen-bond donors (Lipinski definition) is 1. The zero-order valence-corrected chi connectivity index (χ0v) is 17.5. The van der Waals surface area contributed by atoms with Gasteiger partial charge in [-0.3, -0.25) is 9.59 Å². The van der Waals surface area contributed by atoms with Crippen LogP contribution in [-0.2, 0) is 4.79 Å². The number of hydrogen-bond acceptors (Lipinski definition) is 6. The van der Waals surface area contributed by atoms with Crippen LogP contribution < -0.4 is 4.74 Å². The minimum absolute atomic E-state index is 0.0629. The summed E-state index contributed by atoms with van der Waals surface area (Å²) in [5.41, 5.74) is 3.12. The van der Waals surface area contributed by atoms with Crippen molar-refractivity contribution < 1.29 is 23.8 Å². The van der Waals surface area contributed by atoms with Crippen LogP contribution in [0.3, 0.4) is 0 Å². The first kappa shape index (κ1) is 19.8. The molecule has 0 radical (unpaired) electrons. The molecule has 0 aliphatic rings. The lowest BCUT2D eigenvalue weighted by atomic mass is 9.97. The van der Waals surface area contributed by atoms with E-state index in [1.807, 2.05) is 48.5 Å². The Kier molecular flexibility index (Phi) is 5.05. The van der Waals surface area contributed by atoms with Gasteiger partial charge in [0.15, 0.2) is 5.75 Å². The van der Waals surface area contributed by atoms with Crippen LogP contribution in [0.15, 0.2) is 89.5 Å². The first-order chi connectivity index (χ1) is 15.6. The van der Waals surface area contributed by atoms with E-state index in [1.165, 1.54) is 17.6 Å². The van der Waals surface area contributed by atoms with E-state index in [4.69, 9.17) is 9.15 Å². The van der Waals surface area contributed by atoms with Crippen LogP contribution >= 0.6 is 11.3 Å². The van der Waals surface area contributed by atoms with Gasteiger partial charge in [-0.1, -0.05) is 54.6 Å². The van der Waals surface area contributed by atoms with Crippen LogP contribution in [0.25, 0.3) is 32.5 Å². The number of ether oxygens (including phenoxy) is 1. The Bertz CT molecular complexity index is 1430. The summed E-state index contributed by atoms with van der Waals surface area (Å²) in [7, 11) is 0. The average molecular weight is 440 g/mol. The lowest BCUT2D eigenvalue weighted by Gasteiger charge is -2.06. The predicted octanol–water partition coefficient (Wildman–Crippen LogP) is 6.30. The summed E-state index contributed by atoms with van der Waals surface area (Å²) in [6.07, 6.45) is 1.37. The second kappa shape index (κ2) is 8.17. The van der Waals surface area contributed by atoms with Crippen LogP contribution in [0.4, 0.5) is 0 Å². The number of ketones is 1. The van der Waals surface area contributed by atoms with E-state index < -0.39 is 0 Å². The van der Waals surface area contributed by atoms with Crippen molar-refractivity contribution in [1.82, 2.24) is 0 Å². The highest BCUT2D eigenvalue weighted by Crippen LogP contribution is 2.41. The molecule has 2 aromatic heterocycles. The molecule has 0 bridgehead atoms. The molecule has 0 atom stereocenters. The number of phenolic OH excluding ortho intramolecular Hbond substituents is 1. The van der Waals surface area contributed by atoms with Crippen molar-refractivity contribution in [2.24, 2.45) is 0 Å². The Labute approximate surface area is 187 Å². The zero-order valence-electron chi connectivity index (χ0n) is 16.6. The maximum Gasteiger partial charge on any atom is 0.298 e. The number of rotatable bonds is 6. The molecule has 0 aliphatic heterocycles. The van der Waals surface area contributed by atoms with Gasteiger partial charge < -0.3 is 14.3 Å². The molecule has 6 heteroatoms. The smallest absolute Gasteiger partial charge is 0.298 e. The SMILES string of the molecule is O=COc1coc(-c2ccc(-c3c(C(=O)c4ccccc4)sc4cc(O)ccc34)cc2)c1. The number of carbonyl (C=O) groups excluding carboxylic acids is 2. The number of carbonyl (C=O) groups is 2. The number of thiophene rings is 1. The Balaban J connectivity index is 1.61. The zero-order chi connectivity index (χ0) is 22.1. The molecule has 0 spiro atoms. The summed E-state index contributed by atoms with van der Waals surface area (Å²) in [4.78, 5) is 24.5. The van der Waals surface area contributed by atoms with Gasteiger partial charge in [-0.25, -0.2) is 0 Å². The van der Waals surface area contributed by atoms with Gasteiger partial charge in [0.2, 0.25) is 5.78 Å². The highest BCUT2D eigenvalue weighted by atomic mass is 32.1. The molecule has 0 fully saturated rings. The average Bonchev–Trinajstić information content (AvgIpc) is 3.44. The molecule has 3 aromatic carbocycles. The first-order valence-corrected chi connectivity index (χ1v) is 10.6. The largest absolute Gasteiger partial charge is 0.508 e. The lowest BCUT2D eigenvalue weighted by molar-refractivity contribution is -0.120. The Hall–Kier alpha value is -4.16. The monoisotopic (exact) mass is 440 g/mol. The third-order valence-electron chi connectivity index (χ3n) is 5.13. The summed E-state index contributed by atoms with van der Waals surface area (Å²) in [5.74, 6) is 0.991. The van der Waals surface area contributed by atoms with Crippen molar-refractivity contribution in [2.45, 2.75) is 0 Å². The number of fused-ring (bicyclic) bond motifs is 1. The molecule has 0 unspecified atom stereocenters. The van der Waals surface area contributed by atoms with Gasteiger partial charge in [0.25, 0.3) is 6.47 Å². The van der Waals surface area contributed by atoms with Gasteiger partial charge >= 0.3 is 0 Å². The van der Waals surface area contributed by atoms with Gasteiger partial charge in [-0.2, -0.15) is 0 Å². The topological polar surface area (TPSA) is 76.7 Å². The first-order valence-electron chi connectivity index (χ1n) is 9.79. The van der Waals surface area contributed by atoms with Crippen molar-refractivity contribution in [1.29, 1.82) is 0 Å². The van der Waals surface area contributed by atoms with E-state index in [-0.39, 0.29) is 11.5 Å². The number of aromatic hydroxyl groups is 1. The minimum Gasteiger partial charge on any atom is -0.508 e. The second-order valence-corrected chi connectivity index (χ2v) is 8.17. The molecule has 0 saturated heterocycles. The third-order valence-corrected chi connectivity index (χ3v) is 6.28. The summed E-state index contributed by atoms with van der Waals surface area (Å²) >= 11 is 1.37. The van der Waals surface area contributed by atoms with Crippen molar-refractivity contribution in [3.63, 3.8) is 0 Å². The fourth-order valence-corrected chi connectivity index (χ4v) is 4.86. The lowest BCUT2D eigenvalue weighted by Crippen LogP contribution is -2.00. The Morgan fingerprint density at radius 2 is 1.69 bits per heavy atom. The molecule has 1 N–H and O–H groups in total. The standard InChI is InChI=1S/C26H16O5S/c27-15-31-20-13-22(30-14-20)16-6-8-17(9-7-16)24-21-11-10-19(28)12-23(21)32-26(24)25(29)18-4-2-1-3-5-18/h1-15,28H. The maximum absolute atomic E-state index is 13.3. The summed E-state index contributed by atoms with van der Waals surface area (Å²) in [6.45, 7) is 0.350. The van der Waals surface area contributed by atoms with Crippen LogP contribution in [-0.4, -0.2) is 17.4 Å². The van der Waals surface area contributed by atoms with Crippen LogP contribution in [0.1, 0.15) is 15.2 Å². The number of phenols is 1. The van der Waals surface area contributed by atoms with E-state index in [9.17, 15) is 14.7 Å². The van der Waals surface area contributed by atoms with E-state index in [0.29, 0.717) is 28.4 Å². The second-order valence-electron chi connectivity index (χ2n) is 7.12. The third kappa shape index (κ3) is 3.57. The summed E-state index contributed by atoms with van der Waals surface area (Å²) in [5, 5.41) is 10.8. The molecule has 32 heavy (non-hydrogen) atoms. The molecular weight excluding hydrogens is 424 g/mol. The molecule has 0 amide bonds. The molecule has 5 aromatic rings. The van der Waals surface area contributed by atoms with E-state index in [1.54, 1.807) is 30.3 Å². The fourth-order valence-electron chi connectivity index (χ4n) is 3.64. The minimum atomic E-state index is -0.0629. The highest BCUT2D eigenvalue weighted by molar-refractivity contribution is 7.21. The maximum atomic E-state index is 13.3. The normalized spacial score (nSPS) is 10.9. The van der Waals surface area contributed by atoms with E-state index in [2.05, 4.69) is 0 Å². The quantitative estimate of drug-likeness (QED) is 0.248. The van der Waals surface area contributed by atoms with Crippen molar-refractivity contribution in [3.8, 4) is 33.9 Å². The molecule has 5 nitrogen and oxygen atoms in total. The van der Waals surface area contributed by atoms with Crippen LogP contribution in [0.2, 0.25) is 0 Å². The molecule has 2 heterocycles.